The van der Waals surface area contributed by atoms with Crippen LogP contribution in [-0.2, 0) is 0 Å². The predicted octanol–water partition coefficient (Wildman–Crippen LogP) is 2.98. The Morgan fingerprint density at radius 3 is 2.38 bits per heavy atom. The second-order valence-corrected chi connectivity index (χ2v) is 4.42. The Labute approximate surface area is 98.3 Å². The van der Waals surface area contributed by atoms with Gasteiger partial charge >= 0.3 is 0 Å². The van der Waals surface area contributed by atoms with E-state index in [1.54, 1.807) is 6.07 Å². The smallest absolute Gasteiger partial charge is 0.105 e. The molecule has 1 aliphatic carbocycles. The number of nitrogens with two attached hydrogens (primary N) is 1. The molecule has 0 saturated heterocycles. The summed E-state index contributed by atoms with van der Waals surface area (Å²) in [7, 11) is 0. The van der Waals surface area contributed by atoms with Gasteiger partial charge in [0.05, 0.1) is 0 Å². The first-order valence-electron chi connectivity index (χ1n) is 5.04. The number of benzene rings is 2. The number of hydrogen-bond acceptors (Lipinski definition) is 2. The highest BCUT2D eigenvalue weighted by atomic mass is 35.5. The number of halogens is 1. The molecule has 0 bridgehead atoms. The van der Waals surface area contributed by atoms with Gasteiger partial charge in [0.1, 0.15) is 6.10 Å². The summed E-state index contributed by atoms with van der Waals surface area (Å²) < 4.78 is 0. The first kappa shape index (κ1) is 9.70. The first-order chi connectivity index (χ1) is 7.66. The number of nitrogen functional groups attached to an aromatic ring is 1. The Balaban J connectivity index is 2.30. The molecule has 1 atom stereocenters. The van der Waals surface area contributed by atoms with Gasteiger partial charge in [-0.2, -0.15) is 0 Å². The number of aliphatic hydroxyl groups is 1. The van der Waals surface area contributed by atoms with Gasteiger partial charge in [-0.25, -0.2) is 0 Å². The van der Waals surface area contributed by atoms with Crippen molar-refractivity contribution in [3.8, 4) is 11.1 Å². The molecular formula is C13H10ClNO. The Morgan fingerprint density at radius 1 is 1.00 bits per heavy atom. The van der Waals surface area contributed by atoms with Crippen molar-refractivity contribution in [2.45, 2.75) is 6.10 Å². The van der Waals surface area contributed by atoms with Crippen molar-refractivity contribution in [2.75, 3.05) is 5.73 Å². The molecule has 0 aliphatic heterocycles. The molecule has 2 aromatic rings. The molecule has 0 amide bonds. The van der Waals surface area contributed by atoms with Crippen molar-refractivity contribution < 1.29 is 5.11 Å². The monoisotopic (exact) mass is 231 g/mol. The van der Waals surface area contributed by atoms with Crippen LogP contribution in [0.3, 0.4) is 0 Å². The van der Waals surface area contributed by atoms with Crippen LogP contribution in [0.15, 0.2) is 36.4 Å². The van der Waals surface area contributed by atoms with Crippen molar-refractivity contribution >= 4 is 17.3 Å². The summed E-state index contributed by atoms with van der Waals surface area (Å²) in [5, 5.41) is 10.8. The van der Waals surface area contributed by atoms with Crippen LogP contribution in [0.2, 0.25) is 5.02 Å². The molecule has 0 spiro atoms. The van der Waals surface area contributed by atoms with Crippen LogP contribution in [0.4, 0.5) is 5.69 Å². The summed E-state index contributed by atoms with van der Waals surface area (Å²) in [5.74, 6) is 0. The highest BCUT2D eigenvalue weighted by Crippen LogP contribution is 2.44. The Bertz CT molecular complexity index is 529. The lowest BCUT2D eigenvalue weighted by Gasteiger charge is -2.05. The molecule has 1 unspecified atom stereocenters. The fourth-order valence-corrected chi connectivity index (χ4v) is 2.41. The lowest BCUT2D eigenvalue weighted by molar-refractivity contribution is 0.225. The van der Waals surface area contributed by atoms with E-state index in [-0.39, 0.29) is 0 Å². The third-order valence-corrected chi connectivity index (χ3v) is 3.20. The van der Waals surface area contributed by atoms with Crippen molar-refractivity contribution in [1.29, 1.82) is 0 Å². The summed E-state index contributed by atoms with van der Waals surface area (Å²) >= 11 is 5.93. The van der Waals surface area contributed by atoms with Gasteiger partial charge in [-0.3, -0.25) is 0 Å². The van der Waals surface area contributed by atoms with E-state index in [1.807, 2.05) is 30.3 Å². The molecule has 0 fully saturated rings. The molecule has 16 heavy (non-hydrogen) atoms. The number of rotatable bonds is 0. The van der Waals surface area contributed by atoms with Crippen molar-refractivity contribution in [3.63, 3.8) is 0 Å². The quantitative estimate of drug-likeness (QED) is 0.685. The second kappa shape index (κ2) is 3.24. The van der Waals surface area contributed by atoms with E-state index in [4.69, 9.17) is 17.3 Å². The van der Waals surface area contributed by atoms with E-state index < -0.39 is 6.10 Å². The molecule has 3 heteroatoms. The van der Waals surface area contributed by atoms with Crippen molar-refractivity contribution in [2.24, 2.45) is 0 Å². The molecular weight excluding hydrogens is 222 g/mol. The lowest BCUT2D eigenvalue weighted by atomic mass is 10.1. The molecule has 2 nitrogen and oxygen atoms in total. The number of anilines is 1. The zero-order valence-electron chi connectivity index (χ0n) is 8.44. The lowest BCUT2D eigenvalue weighted by Crippen LogP contribution is -1.95. The van der Waals surface area contributed by atoms with E-state index >= 15 is 0 Å². The van der Waals surface area contributed by atoms with Crippen molar-refractivity contribution in [3.05, 3.63) is 52.5 Å². The summed E-state index contributed by atoms with van der Waals surface area (Å²) in [6.07, 6.45) is -0.618. The van der Waals surface area contributed by atoms with Gasteiger partial charge in [0, 0.05) is 10.7 Å². The first-order valence-corrected chi connectivity index (χ1v) is 5.42. The zero-order valence-corrected chi connectivity index (χ0v) is 9.20. The second-order valence-electron chi connectivity index (χ2n) is 3.98. The predicted molar refractivity (Wildman–Crippen MR) is 65.4 cm³/mol. The fraction of sp³-hybridized carbons (Fsp3) is 0.0769. The third kappa shape index (κ3) is 1.24. The Kier molecular flexibility index (Phi) is 1.96. The maximum absolute atomic E-state index is 10.2. The van der Waals surface area contributed by atoms with E-state index in [0.717, 1.165) is 22.3 Å². The van der Waals surface area contributed by atoms with Gasteiger partial charge in [-0.15, -0.1) is 0 Å². The highest BCUT2D eigenvalue weighted by molar-refractivity contribution is 6.30. The summed E-state index contributed by atoms with van der Waals surface area (Å²) in [6.45, 7) is 0. The molecule has 0 saturated carbocycles. The maximum atomic E-state index is 10.2. The van der Waals surface area contributed by atoms with Gasteiger partial charge in [0.25, 0.3) is 0 Å². The van der Waals surface area contributed by atoms with E-state index in [2.05, 4.69) is 0 Å². The molecule has 3 N–H and O–H groups in total. The minimum atomic E-state index is -0.618. The van der Waals surface area contributed by atoms with Gasteiger partial charge < -0.3 is 10.8 Å². The zero-order chi connectivity index (χ0) is 11.3. The average Bonchev–Trinajstić information content (AvgIpc) is 2.53. The Hall–Kier alpha value is -1.51. The molecule has 3 rings (SSSR count). The van der Waals surface area contributed by atoms with E-state index in [1.165, 1.54) is 0 Å². The van der Waals surface area contributed by atoms with E-state index in [9.17, 15) is 5.11 Å². The highest BCUT2D eigenvalue weighted by Gasteiger charge is 2.26. The topological polar surface area (TPSA) is 46.2 Å². The van der Waals surface area contributed by atoms with Crippen LogP contribution >= 0.6 is 11.6 Å². The van der Waals surface area contributed by atoms with Crippen LogP contribution in [0.1, 0.15) is 17.2 Å². The minimum Gasteiger partial charge on any atom is -0.399 e. The number of hydrogen-bond donors (Lipinski definition) is 2. The largest absolute Gasteiger partial charge is 0.399 e. The van der Waals surface area contributed by atoms with Crippen molar-refractivity contribution in [1.82, 2.24) is 0 Å². The summed E-state index contributed by atoms with van der Waals surface area (Å²) in [6, 6.07) is 11.2. The van der Waals surface area contributed by atoms with Gasteiger partial charge in [-0.1, -0.05) is 23.7 Å². The summed E-state index contributed by atoms with van der Waals surface area (Å²) in [5.41, 5.74) is 10.2. The van der Waals surface area contributed by atoms with Crippen LogP contribution in [0.5, 0.6) is 0 Å². The standard InChI is InChI=1S/C13H10ClNO/c14-7-1-3-9-10-4-2-8(15)6-12(10)13(16)11(9)5-7/h1-6,13,16H,15H2. The molecule has 0 aromatic heterocycles. The van der Waals surface area contributed by atoms with Crippen LogP contribution in [-0.4, -0.2) is 5.11 Å². The molecule has 0 heterocycles. The normalized spacial score (nSPS) is 17.0. The van der Waals surface area contributed by atoms with E-state index in [0.29, 0.717) is 10.7 Å². The van der Waals surface area contributed by atoms with Crippen LogP contribution < -0.4 is 5.73 Å². The van der Waals surface area contributed by atoms with Gasteiger partial charge in [-0.05, 0) is 46.5 Å². The SMILES string of the molecule is Nc1ccc2c(c1)C(O)c1cc(Cl)ccc1-2. The average molecular weight is 232 g/mol. The molecule has 80 valence electrons. The van der Waals surface area contributed by atoms with Crippen LogP contribution in [0.25, 0.3) is 11.1 Å². The fourth-order valence-electron chi connectivity index (χ4n) is 2.23. The molecule has 1 aliphatic rings. The minimum absolute atomic E-state index is 0.618. The van der Waals surface area contributed by atoms with Gasteiger partial charge in [0.2, 0.25) is 0 Å². The number of fused-ring (bicyclic) bond motifs is 3. The Morgan fingerprint density at radius 2 is 1.62 bits per heavy atom. The molecule has 0 radical (unpaired) electrons. The maximum Gasteiger partial charge on any atom is 0.105 e. The number of aliphatic hydroxyl groups excluding tert-OH is 1. The van der Waals surface area contributed by atoms with Crippen LogP contribution in [0, 0.1) is 0 Å². The summed E-state index contributed by atoms with van der Waals surface area (Å²) in [4.78, 5) is 0. The molecule has 2 aromatic carbocycles. The van der Waals surface area contributed by atoms with Gasteiger partial charge in [0.15, 0.2) is 0 Å². The third-order valence-electron chi connectivity index (χ3n) is 2.97.